The summed E-state index contributed by atoms with van der Waals surface area (Å²) in [6, 6.07) is 6.85. The topological polar surface area (TPSA) is 55.4 Å². The lowest BCUT2D eigenvalue weighted by Crippen LogP contribution is -2.41. The molecule has 22 heavy (non-hydrogen) atoms. The predicted octanol–water partition coefficient (Wildman–Crippen LogP) is 2.65. The summed E-state index contributed by atoms with van der Waals surface area (Å²) in [7, 11) is 0. The number of Topliss-reactive ketones (excluding diaryl/α,β-unsaturated/α-hetero) is 1. The molecule has 4 heteroatoms. The first-order valence-corrected chi connectivity index (χ1v) is 6.92. The lowest BCUT2D eigenvalue weighted by Gasteiger charge is -2.26. The highest BCUT2D eigenvalue weighted by Crippen LogP contribution is 2.29. The van der Waals surface area contributed by atoms with Crippen LogP contribution in [-0.2, 0) is 9.59 Å². The molecule has 1 N–H and O–H groups in total. The number of amides is 1. The Hall–Kier alpha value is -2.72. The van der Waals surface area contributed by atoms with Crippen molar-refractivity contribution in [3.8, 4) is 30.4 Å². The maximum absolute atomic E-state index is 12.5. The molecule has 0 aliphatic rings. The van der Waals surface area contributed by atoms with Crippen LogP contribution < -0.4 is 10.1 Å². The van der Waals surface area contributed by atoms with Gasteiger partial charge in [0.1, 0.15) is 16.9 Å². The van der Waals surface area contributed by atoms with Gasteiger partial charge in [0.25, 0.3) is 0 Å². The summed E-state index contributed by atoms with van der Waals surface area (Å²) < 4.78 is 5.33. The number of benzene rings is 1. The van der Waals surface area contributed by atoms with Crippen molar-refractivity contribution in [2.45, 2.75) is 26.7 Å². The number of nitrogens with one attached hydrogen (secondary N) is 1. The molecule has 1 amide bonds. The fourth-order valence-electron chi connectivity index (χ4n) is 2.03. The lowest BCUT2D eigenvalue weighted by molar-refractivity contribution is -0.137. The molecule has 0 spiro atoms. The first-order chi connectivity index (χ1) is 10.5. The van der Waals surface area contributed by atoms with Crippen LogP contribution in [0.15, 0.2) is 24.3 Å². The molecule has 114 valence electrons. The summed E-state index contributed by atoms with van der Waals surface area (Å²) in [6.07, 6.45) is 10.5. The van der Waals surface area contributed by atoms with Gasteiger partial charge in [-0.15, -0.1) is 24.7 Å². The van der Waals surface area contributed by atoms with Gasteiger partial charge in [0.15, 0.2) is 0 Å². The Balaban J connectivity index is 2.98. The second-order valence-electron chi connectivity index (χ2n) is 4.81. The van der Waals surface area contributed by atoms with Crippen molar-refractivity contribution < 1.29 is 14.3 Å². The standard InChI is InChI=1S/C18H19NO3/c1-5-12-18(13-6-2,14(4)20)17(21)19-15-8-10-16(11-9-15)22-7-3/h1-2,8-11H,7,12-13H2,3-4H3,(H,19,21). The van der Waals surface area contributed by atoms with E-state index in [9.17, 15) is 9.59 Å². The molecule has 4 nitrogen and oxygen atoms in total. The zero-order valence-corrected chi connectivity index (χ0v) is 12.8. The quantitative estimate of drug-likeness (QED) is 0.622. The summed E-state index contributed by atoms with van der Waals surface area (Å²) in [4.78, 5) is 24.5. The van der Waals surface area contributed by atoms with Crippen molar-refractivity contribution in [2.24, 2.45) is 5.41 Å². The van der Waals surface area contributed by atoms with Crippen LogP contribution in [0.1, 0.15) is 26.7 Å². The molecule has 0 atom stereocenters. The third-order valence-electron chi connectivity index (χ3n) is 3.34. The van der Waals surface area contributed by atoms with Gasteiger partial charge < -0.3 is 10.1 Å². The number of rotatable bonds is 7. The molecule has 1 rings (SSSR count). The smallest absolute Gasteiger partial charge is 0.240 e. The first-order valence-electron chi connectivity index (χ1n) is 6.92. The van der Waals surface area contributed by atoms with Crippen LogP contribution in [0, 0.1) is 30.1 Å². The van der Waals surface area contributed by atoms with E-state index in [1.165, 1.54) is 6.92 Å². The number of hydrogen-bond acceptors (Lipinski definition) is 3. The van der Waals surface area contributed by atoms with E-state index in [0.29, 0.717) is 18.0 Å². The van der Waals surface area contributed by atoms with E-state index < -0.39 is 11.3 Å². The average molecular weight is 297 g/mol. The van der Waals surface area contributed by atoms with Crippen LogP contribution in [0.3, 0.4) is 0 Å². The molecule has 1 aromatic rings. The van der Waals surface area contributed by atoms with Crippen LogP contribution in [0.2, 0.25) is 0 Å². The Bertz CT molecular complexity index is 601. The monoisotopic (exact) mass is 297 g/mol. The van der Waals surface area contributed by atoms with Crippen LogP contribution in [0.5, 0.6) is 5.75 Å². The van der Waals surface area contributed by atoms with E-state index >= 15 is 0 Å². The van der Waals surface area contributed by atoms with Gasteiger partial charge in [0.05, 0.1) is 6.61 Å². The fourth-order valence-corrected chi connectivity index (χ4v) is 2.03. The second-order valence-corrected chi connectivity index (χ2v) is 4.81. The van der Waals surface area contributed by atoms with Crippen molar-refractivity contribution in [3.05, 3.63) is 24.3 Å². The van der Waals surface area contributed by atoms with E-state index in [1.54, 1.807) is 24.3 Å². The molecule has 0 aromatic heterocycles. The Morgan fingerprint density at radius 3 is 2.14 bits per heavy atom. The minimum atomic E-state index is -1.39. The molecule has 0 bridgehead atoms. The highest BCUT2D eigenvalue weighted by Gasteiger charge is 2.42. The van der Waals surface area contributed by atoms with Gasteiger partial charge in [-0.2, -0.15) is 0 Å². The van der Waals surface area contributed by atoms with Crippen molar-refractivity contribution in [1.82, 2.24) is 0 Å². The number of carbonyl (C=O) groups excluding carboxylic acids is 2. The average Bonchev–Trinajstić information content (AvgIpc) is 2.48. The van der Waals surface area contributed by atoms with Crippen molar-refractivity contribution in [1.29, 1.82) is 0 Å². The van der Waals surface area contributed by atoms with Gasteiger partial charge in [-0.1, -0.05) is 0 Å². The Kier molecular flexibility index (Phi) is 6.23. The van der Waals surface area contributed by atoms with Gasteiger partial charge >= 0.3 is 0 Å². The normalized spacial score (nSPS) is 10.2. The largest absolute Gasteiger partial charge is 0.494 e. The molecule has 0 radical (unpaired) electrons. The highest BCUT2D eigenvalue weighted by atomic mass is 16.5. The number of hydrogen-bond donors (Lipinski definition) is 1. The van der Waals surface area contributed by atoms with Gasteiger partial charge in [0, 0.05) is 18.5 Å². The van der Waals surface area contributed by atoms with Gasteiger partial charge in [-0.05, 0) is 38.1 Å². The van der Waals surface area contributed by atoms with Crippen molar-refractivity contribution in [2.75, 3.05) is 11.9 Å². The predicted molar refractivity (Wildman–Crippen MR) is 86.3 cm³/mol. The van der Waals surface area contributed by atoms with Crippen molar-refractivity contribution >= 4 is 17.4 Å². The molecule has 1 aromatic carbocycles. The Morgan fingerprint density at radius 2 is 1.73 bits per heavy atom. The zero-order valence-electron chi connectivity index (χ0n) is 12.8. The lowest BCUT2D eigenvalue weighted by atomic mass is 9.77. The molecule has 0 saturated carbocycles. The van der Waals surface area contributed by atoms with Crippen LogP contribution in [0.4, 0.5) is 5.69 Å². The molecular formula is C18H19NO3. The minimum Gasteiger partial charge on any atom is -0.494 e. The maximum atomic E-state index is 12.5. The minimum absolute atomic E-state index is 0.0323. The molecule has 0 aliphatic heterocycles. The molecule has 0 heterocycles. The number of terminal acetylenes is 2. The van der Waals surface area contributed by atoms with E-state index in [2.05, 4.69) is 17.2 Å². The maximum Gasteiger partial charge on any atom is 0.240 e. The Labute approximate surface area is 131 Å². The van der Waals surface area contributed by atoms with Crippen LogP contribution >= 0.6 is 0 Å². The summed E-state index contributed by atoms with van der Waals surface area (Å²) >= 11 is 0. The Morgan fingerprint density at radius 1 is 1.18 bits per heavy atom. The summed E-state index contributed by atoms with van der Waals surface area (Å²) in [6.45, 7) is 3.77. The zero-order chi connectivity index (χ0) is 16.6. The highest BCUT2D eigenvalue weighted by molar-refractivity contribution is 6.11. The summed E-state index contributed by atoms with van der Waals surface area (Å²) in [5.41, 5.74) is -0.838. The van der Waals surface area contributed by atoms with Crippen LogP contribution in [0.25, 0.3) is 0 Å². The molecule has 0 aliphatic carbocycles. The molecule has 0 fully saturated rings. The number of ether oxygens (including phenoxy) is 1. The number of ketones is 1. The third kappa shape index (κ3) is 3.90. The SMILES string of the molecule is C#CCC(CC#C)(C(C)=O)C(=O)Nc1ccc(OCC)cc1. The van der Waals surface area contributed by atoms with Gasteiger partial charge in [-0.3, -0.25) is 9.59 Å². The van der Waals surface area contributed by atoms with Gasteiger partial charge in [0.2, 0.25) is 5.91 Å². The molecule has 0 saturated heterocycles. The fraction of sp³-hybridized carbons (Fsp3) is 0.333. The summed E-state index contributed by atoms with van der Waals surface area (Å²) in [5.74, 6) is 4.61. The molecular weight excluding hydrogens is 278 g/mol. The number of carbonyl (C=O) groups is 2. The van der Waals surface area contributed by atoms with E-state index in [1.807, 2.05) is 6.92 Å². The second kappa shape index (κ2) is 7.90. The van der Waals surface area contributed by atoms with Gasteiger partial charge in [-0.25, -0.2) is 0 Å². The number of anilines is 1. The third-order valence-corrected chi connectivity index (χ3v) is 3.34. The van der Waals surface area contributed by atoms with Crippen LogP contribution in [-0.4, -0.2) is 18.3 Å². The summed E-state index contributed by atoms with van der Waals surface area (Å²) in [5, 5.41) is 2.70. The van der Waals surface area contributed by atoms with E-state index in [0.717, 1.165) is 0 Å². The first kappa shape index (κ1) is 17.3. The molecule has 0 unspecified atom stereocenters. The van der Waals surface area contributed by atoms with E-state index in [4.69, 9.17) is 17.6 Å². The van der Waals surface area contributed by atoms with Crippen molar-refractivity contribution in [3.63, 3.8) is 0 Å². The van der Waals surface area contributed by atoms with E-state index in [-0.39, 0.29) is 18.6 Å².